The maximum atomic E-state index is 13.5. The van der Waals surface area contributed by atoms with Gasteiger partial charge in [-0.15, -0.1) is 0 Å². The third-order valence-electron chi connectivity index (χ3n) is 3.53. The summed E-state index contributed by atoms with van der Waals surface area (Å²) in [6, 6.07) is 9.84. The SMILES string of the molecule is O=C(c1ccc(Nc2ccccc2F)cn1)N1CCCC1. The summed E-state index contributed by atoms with van der Waals surface area (Å²) in [4.78, 5) is 18.1. The zero-order valence-electron chi connectivity index (χ0n) is 11.6. The molecule has 1 aliphatic heterocycles. The molecule has 0 atom stereocenters. The van der Waals surface area contributed by atoms with Crippen LogP contribution >= 0.6 is 0 Å². The first-order chi connectivity index (χ1) is 10.2. The number of anilines is 2. The highest BCUT2D eigenvalue weighted by Gasteiger charge is 2.20. The Bertz CT molecular complexity index is 636. The molecule has 3 rings (SSSR count). The molecule has 0 radical (unpaired) electrons. The molecule has 2 aromatic rings. The molecule has 0 aliphatic carbocycles. The minimum absolute atomic E-state index is 0.0371. The largest absolute Gasteiger partial charge is 0.352 e. The van der Waals surface area contributed by atoms with Crippen molar-refractivity contribution in [3.05, 3.63) is 54.1 Å². The average molecular weight is 285 g/mol. The van der Waals surface area contributed by atoms with Gasteiger partial charge in [0.2, 0.25) is 0 Å². The number of hydrogen-bond acceptors (Lipinski definition) is 3. The lowest BCUT2D eigenvalue weighted by molar-refractivity contribution is 0.0787. The zero-order valence-corrected chi connectivity index (χ0v) is 11.6. The summed E-state index contributed by atoms with van der Waals surface area (Å²) in [7, 11) is 0. The molecule has 1 saturated heterocycles. The minimum atomic E-state index is -0.324. The molecule has 21 heavy (non-hydrogen) atoms. The first-order valence-electron chi connectivity index (χ1n) is 7.01. The van der Waals surface area contributed by atoms with Crippen LogP contribution in [0.4, 0.5) is 15.8 Å². The molecule has 5 heteroatoms. The summed E-state index contributed by atoms with van der Waals surface area (Å²) in [6.45, 7) is 1.60. The van der Waals surface area contributed by atoms with E-state index >= 15 is 0 Å². The summed E-state index contributed by atoms with van der Waals surface area (Å²) in [5.41, 5.74) is 1.46. The number of amides is 1. The average Bonchev–Trinajstić information content (AvgIpc) is 3.04. The molecule has 2 heterocycles. The Morgan fingerprint density at radius 3 is 2.57 bits per heavy atom. The van der Waals surface area contributed by atoms with Gasteiger partial charge < -0.3 is 10.2 Å². The summed E-state index contributed by atoms with van der Waals surface area (Å²) in [6.07, 6.45) is 3.66. The molecule has 0 saturated carbocycles. The molecule has 0 spiro atoms. The van der Waals surface area contributed by atoms with Crippen LogP contribution in [0.1, 0.15) is 23.3 Å². The minimum Gasteiger partial charge on any atom is -0.352 e. The van der Waals surface area contributed by atoms with Gasteiger partial charge in [0.25, 0.3) is 5.91 Å². The Morgan fingerprint density at radius 2 is 1.90 bits per heavy atom. The van der Waals surface area contributed by atoms with Crippen LogP contribution in [-0.2, 0) is 0 Å². The highest BCUT2D eigenvalue weighted by atomic mass is 19.1. The van der Waals surface area contributed by atoms with Crippen molar-refractivity contribution >= 4 is 17.3 Å². The van der Waals surface area contributed by atoms with E-state index in [9.17, 15) is 9.18 Å². The monoisotopic (exact) mass is 285 g/mol. The number of pyridine rings is 1. The molecule has 0 unspecified atom stereocenters. The molecule has 1 fully saturated rings. The third kappa shape index (κ3) is 3.02. The maximum Gasteiger partial charge on any atom is 0.272 e. The second-order valence-corrected chi connectivity index (χ2v) is 5.04. The van der Waals surface area contributed by atoms with E-state index in [1.54, 1.807) is 36.5 Å². The second kappa shape index (κ2) is 5.91. The molecule has 1 aromatic carbocycles. The third-order valence-corrected chi connectivity index (χ3v) is 3.53. The standard InChI is InChI=1S/C16H16FN3O/c17-13-5-1-2-6-14(13)19-12-7-8-15(18-11-12)16(21)20-9-3-4-10-20/h1-2,5-8,11,19H,3-4,9-10H2. The number of likely N-dealkylation sites (tertiary alicyclic amines) is 1. The number of benzene rings is 1. The normalized spacial score (nSPS) is 14.2. The quantitative estimate of drug-likeness (QED) is 0.942. The summed E-state index contributed by atoms with van der Waals surface area (Å²) in [5, 5.41) is 2.95. The van der Waals surface area contributed by atoms with Crippen molar-refractivity contribution in [3.63, 3.8) is 0 Å². The Labute approximate surface area is 122 Å². The van der Waals surface area contributed by atoms with Crippen molar-refractivity contribution in [2.75, 3.05) is 18.4 Å². The number of halogens is 1. The van der Waals surface area contributed by atoms with Crippen LogP contribution in [0.2, 0.25) is 0 Å². The van der Waals surface area contributed by atoms with Crippen molar-refractivity contribution < 1.29 is 9.18 Å². The fourth-order valence-electron chi connectivity index (χ4n) is 2.39. The van der Waals surface area contributed by atoms with Gasteiger partial charge in [0.05, 0.1) is 17.6 Å². The van der Waals surface area contributed by atoms with Crippen LogP contribution in [0, 0.1) is 5.82 Å². The molecular weight excluding hydrogens is 269 g/mol. The number of hydrogen-bond donors (Lipinski definition) is 1. The lowest BCUT2D eigenvalue weighted by Crippen LogP contribution is -2.28. The predicted octanol–water partition coefficient (Wildman–Crippen LogP) is 3.20. The van der Waals surface area contributed by atoms with Gasteiger partial charge in [0.15, 0.2) is 0 Å². The zero-order chi connectivity index (χ0) is 14.7. The predicted molar refractivity (Wildman–Crippen MR) is 79.1 cm³/mol. The Kier molecular flexibility index (Phi) is 3.81. The molecule has 1 aromatic heterocycles. The molecule has 1 N–H and O–H groups in total. The van der Waals surface area contributed by atoms with E-state index < -0.39 is 0 Å². The summed E-state index contributed by atoms with van der Waals surface area (Å²) < 4.78 is 13.5. The number of nitrogens with zero attached hydrogens (tertiary/aromatic N) is 2. The van der Waals surface area contributed by atoms with E-state index in [-0.39, 0.29) is 11.7 Å². The van der Waals surface area contributed by atoms with Crippen molar-refractivity contribution in [3.8, 4) is 0 Å². The number of nitrogens with one attached hydrogen (secondary N) is 1. The molecule has 0 bridgehead atoms. The first kappa shape index (κ1) is 13.5. The van der Waals surface area contributed by atoms with Gasteiger partial charge in [0.1, 0.15) is 11.5 Å². The summed E-state index contributed by atoms with van der Waals surface area (Å²) in [5.74, 6) is -0.361. The lowest BCUT2D eigenvalue weighted by Gasteiger charge is -2.14. The van der Waals surface area contributed by atoms with Gasteiger partial charge in [-0.3, -0.25) is 4.79 Å². The van der Waals surface area contributed by atoms with Gasteiger partial charge in [-0.1, -0.05) is 12.1 Å². The smallest absolute Gasteiger partial charge is 0.272 e. The van der Waals surface area contributed by atoms with Gasteiger partial charge in [-0.2, -0.15) is 0 Å². The van der Waals surface area contributed by atoms with Gasteiger partial charge >= 0.3 is 0 Å². The lowest BCUT2D eigenvalue weighted by atomic mass is 10.2. The molecule has 1 amide bonds. The van der Waals surface area contributed by atoms with Gasteiger partial charge in [0, 0.05) is 13.1 Å². The van der Waals surface area contributed by atoms with Crippen LogP contribution in [0.5, 0.6) is 0 Å². The van der Waals surface area contributed by atoms with Crippen LogP contribution in [0.15, 0.2) is 42.6 Å². The summed E-state index contributed by atoms with van der Waals surface area (Å²) >= 11 is 0. The second-order valence-electron chi connectivity index (χ2n) is 5.04. The number of aromatic nitrogens is 1. The highest BCUT2D eigenvalue weighted by molar-refractivity contribution is 5.92. The van der Waals surface area contributed by atoms with E-state index in [1.807, 2.05) is 4.90 Å². The van der Waals surface area contributed by atoms with Crippen molar-refractivity contribution in [1.29, 1.82) is 0 Å². The number of carbonyl (C=O) groups is 1. The van der Waals surface area contributed by atoms with Gasteiger partial charge in [-0.25, -0.2) is 9.37 Å². The van der Waals surface area contributed by atoms with Gasteiger partial charge in [-0.05, 0) is 37.1 Å². The van der Waals surface area contributed by atoms with E-state index in [0.717, 1.165) is 25.9 Å². The van der Waals surface area contributed by atoms with Crippen LogP contribution in [-0.4, -0.2) is 28.9 Å². The highest BCUT2D eigenvalue weighted by Crippen LogP contribution is 2.19. The van der Waals surface area contributed by atoms with E-state index in [1.165, 1.54) is 6.07 Å². The Hall–Kier alpha value is -2.43. The van der Waals surface area contributed by atoms with E-state index in [2.05, 4.69) is 10.3 Å². The molecule has 4 nitrogen and oxygen atoms in total. The fraction of sp³-hybridized carbons (Fsp3) is 0.250. The number of carbonyl (C=O) groups excluding carboxylic acids is 1. The van der Waals surface area contributed by atoms with Crippen molar-refractivity contribution in [1.82, 2.24) is 9.88 Å². The van der Waals surface area contributed by atoms with Crippen LogP contribution in [0.25, 0.3) is 0 Å². The van der Waals surface area contributed by atoms with E-state index in [4.69, 9.17) is 0 Å². The van der Waals surface area contributed by atoms with Crippen molar-refractivity contribution in [2.24, 2.45) is 0 Å². The molecular formula is C16H16FN3O. The first-order valence-corrected chi connectivity index (χ1v) is 7.01. The van der Waals surface area contributed by atoms with Crippen LogP contribution < -0.4 is 5.32 Å². The number of rotatable bonds is 3. The molecule has 1 aliphatic rings. The maximum absolute atomic E-state index is 13.5. The molecule has 108 valence electrons. The van der Waals surface area contributed by atoms with E-state index in [0.29, 0.717) is 17.1 Å². The van der Waals surface area contributed by atoms with Crippen molar-refractivity contribution in [2.45, 2.75) is 12.8 Å². The number of para-hydroxylation sites is 1. The Balaban J connectivity index is 1.72. The topological polar surface area (TPSA) is 45.2 Å². The fourth-order valence-corrected chi connectivity index (χ4v) is 2.39. The van der Waals surface area contributed by atoms with Crippen LogP contribution in [0.3, 0.4) is 0 Å². The Morgan fingerprint density at radius 1 is 1.14 bits per heavy atom.